The second-order valence-electron chi connectivity index (χ2n) is 6.29. The number of hydrogen-bond donors (Lipinski definition) is 1. The van der Waals surface area contributed by atoms with Gasteiger partial charge in [0.2, 0.25) is 5.28 Å². The van der Waals surface area contributed by atoms with Gasteiger partial charge >= 0.3 is 6.01 Å². The molecule has 0 aliphatic carbocycles. The molecule has 0 radical (unpaired) electrons. The van der Waals surface area contributed by atoms with Crippen LogP contribution in [0.2, 0.25) is 5.28 Å². The molecule has 12 nitrogen and oxygen atoms in total. The van der Waals surface area contributed by atoms with Crippen LogP contribution < -0.4 is 4.74 Å². The second kappa shape index (κ2) is 22.6. The van der Waals surface area contributed by atoms with Gasteiger partial charge in [0.15, 0.2) is 0 Å². The Bertz CT molecular complexity index is 555. The van der Waals surface area contributed by atoms with Crippen LogP contribution in [-0.4, -0.2) is 126 Å². The van der Waals surface area contributed by atoms with E-state index in [0.717, 1.165) is 0 Å². The summed E-state index contributed by atoms with van der Waals surface area (Å²) in [5.41, 5.74) is 0. The van der Waals surface area contributed by atoms with Gasteiger partial charge in [0, 0.05) is 0 Å². The molecule has 1 aromatic rings. The molecule has 1 aromatic heterocycles. The standard InChI is InChI=1S/C20H36ClN3O9/c1-18-22-19(21)24-20(23-18)33-17-16-32-15-14-31-13-12-30-11-10-29-9-8-28-7-6-27-5-4-26-3-2-25/h25H,2-17H2,1H3. The van der Waals surface area contributed by atoms with Crippen LogP contribution in [0.5, 0.6) is 6.01 Å². The van der Waals surface area contributed by atoms with Crippen LogP contribution in [-0.2, 0) is 33.2 Å². The van der Waals surface area contributed by atoms with Crippen LogP contribution in [0.1, 0.15) is 5.82 Å². The number of ether oxygens (including phenoxy) is 8. The number of nitrogens with zero attached hydrogens (tertiary/aromatic N) is 3. The molecule has 1 N–H and O–H groups in total. The summed E-state index contributed by atoms with van der Waals surface area (Å²) in [5.74, 6) is 0.498. The molecule has 0 atom stereocenters. The maximum Gasteiger partial charge on any atom is 0.321 e. The number of aliphatic hydroxyl groups excluding tert-OH is 1. The van der Waals surface area contributed by atoms with Gasteiger partial charge in [0.25, 0.3) is 0 Å². The fraction of sp³-hybridized carbons (Fsp3) is 0.850. The Morgan fingerprint density at radius 3 is 1.27 bits per heavy atom. The molecule has 33 heavy (non-hydrogen) atoms. The molecule has 0 unspecified atom stereocenters. The van der Waals surface area contributed by atoms with Gasteiger partial charge in [-0.2, -0.15) is 9.97 Å². The first-order valence-electron chi connectivity index (χ1n) is 10.9. The first-order chi connectivity index (χ1) is 16.2. The van der Waals surface area contributed by atoms with E-state index in [1.807, 2.05) is 0 Å². The highest BCUT2D eigenvalue weighted by atomic mass is 35.5. The molecule has 0 aromatic carbocycles. The minimum atomic E-state index is 0.0245. The van der Waals surface area contributed by atoms with Gasteiger partial charge in [-0.25, -0.2) is 4.98 Å². The van der Waals surface area contributed by atoms with E-state index >= 15 is 0 Å². The summed E-state index contributed by atoms with van der Waals surface area (Å²) in [6.45, 7) is 8.60. The Kier molecular flexibility index (Phi) is 20.4. The molecule has 0 fully saturated rings. The summed E-state index contributed by atoms with van der Waals surface area (Å²) in [6, 6.07) is 0.184. The third-order valence-electron chi connectivity index (χ3n) is 3.63. The maximum atomic E-state index is 8.54. The molecule has 1 rings (SSSR count). The molecular formula is C20H36ClN3O9. The van der Waals surface area contributed by atoms with Crippen LogP contribution >= 0.6 is 11.6 Å². The lowest BCUT2D eigenvalue weighted by atomic mass is 10.6. The molecular weight excluding hydrogens is 462 g/mol. The molecule has 0 spiro atoms. The van der Waals surface area contributed by atoms with E-state index in [1.54, 1.807) is 6.92 Å². The van der Waals surface area contributed by atoms with Crippen LogP contribution in [0.3, 0.4) is 0 Å². The first kappa shape index (κ1) is 29.8. The minimum absolute atomic E-state index is 0.0245. The summed E-state index contributed by atoms with van der Waals surface area (Å²) in [5, 5.41) is 8.65. The van der Waals surface area contributed by atoms with E-state index in [-0.39, 0.29) is 17.9 Å². The summed E-state index contributed by atoms with van der Waals surface area (Å²) >= 11 is 5.73. The Morgan fingerprint density at radius 1 is 0.545 bits per heavy atom. The van der Waals surface area contributed by atoms with E-state index in [4.69, 9.17) is 54.6 Å². The Hall–Kier alpha value is -1.22. The van der Waals surface area contributed by atoms with Crippen molar-refractivity contribution in [3.05, 3.63) is 11.1 Å². The van der Waals surface area contributed by atoms with E-state index in [9.17, 15) is 0 Å². The van der Waals surface area contributed by atoms with Crippen molar-refractivity contribution in [3.63, 3.8) is 0 Å². The third-order valence-corrected chi connectivity index (χ3v) is 3.79. The normalized spacial score (nSPS) is 11.2. The van der Waals surface area contributed by atoms with Crippen molar-refractivity contribution in [2.75, 3.05) is 106 Å². The number of aliphatic hydroxyl groups is 1. The largest absolute Gasteiger partial charge is 0.461 e. The molecule has 1 heterocycles. The number of aromatic nitrogens is 3. The van der Waals surface area contributed by atoms with Gasteiger partial charge in [-0.15, -0.1) is 0 Å². The predicted octanol–water partition coefficient (Wildman–Crippen LogP) is 0.321. The van der Waals surface area contributed by atoms with Gasteiger partial charge in [-0.1, -0.05) is 0 Å². The number of rotatable bonds is 24. The zero-order valence-corrected chi connectivity index (χ0v) is 20.0. The molecule has 192 valence electrons. The van der Waals surface area contributed by atoms with Crippen molar-refractivity contribution in [2.45, 2.75) is 6.92 Å². The summed E-state index contributed by atoms with van der Waals surface area (Å²) < 4.78 is 42.7. The van der Waals surface area contributed by atoms with E-state index in [0.29, 0.717) is 105 Å². The number of halogens is 1. The van der Waals surface area contributed by atoms with Crippen LogP contribution in [0.4, 0.5) is 0 Å². The van der Waals surface area contributed by atoms with Gasteiger partial charge in [-0.05, 0) is 18.5 Å². The van der Waals surface area contributed by atoms with Gasteiger partial charge in [0.05, 0.1) is 99.1 Å². The lowest BCUT2D eigenvalue weighted by molar-refractivity contribution is -0.0221. The molecule has 0 saturated carbocycles. The smallest absolute Gasteiger partial charge is 0.321 e. The topological polar surface area (TPSA) is 133 Å². The van der Waals surface area contributed by atoms with Crippen LogP contribution in [0, 0.1) is 6.92 Å². The van der Waals surface area contributed by atoms with E-state index in [1.165, 1.54) is 0 Å². The molecule has 0 saturated heterocycles. The summed E-state index contributed by atoms with van der Waals surface area (Å²) in [4.78, 5) is 11.7. The fourth-order valence-electron chi connectivity index (χ4n) is 2.17. The quantitative estimate of drug-likeness (QED) is 0.197. The van der Waals surface area contributed by atoms with Gasteiger partial charge in [-0.3, -0.25) is 0 Å². The Labute approximate surface area is 199 Å². The monoisotopic (exact) mass is 497 g/mol. The molecule has 0 bridgehead atoms. The first-order valence-corrected chi connectivity index (χ1v) is 11.3. The van der Waals surface area contributed by atoms with Crippen molar-refractivity contribution < 1.29 is 43.0 Å². The van der Waals surface area contributed by atoms with Crippen LogP contribution in [0.25, 0.3) is 0 Å². The van der Waals surface area contributed by atoms with Crippen molar-refractivity contribution in [2.24, 2.45) is 0 Å². The highest BCUT2D eigenvalue weighted by Gasteiger charge is 2.02. The van der Waals surface area contributed by atoms with Crippen molar-refractivity contribution in [3.8, 4) is 6.01 Å². The zero-order valence-electron chi connectivity index (χ0n) is 19.2. The molecule has 13 heteroatoms. The maximum absolute atomic E-state index is 8.54. The number of aryl methyl sites for hydroxylation is 1. The summed E-state index contributed by atoms with van der Waals surface area (Å²) in [7, 11) is 0. The highest BCUT2D eigenvalue weighted by molar-refractivity contribution is 6.28. The predicted molar refractivity (Wildman–Crippen MR) is 118 cm³/mol. The average Bonchev–Trinajstić information content (AvgIpc) is 2.79. The summed E-state index contributed by atoms with van der Waals surface area (Å²) in [6.07, 6.45) is 0. The highest BCUT2D eigenvalue weighted by Crippen LogP contribution is 2.06. The molecule has 0 aliphatic heterocycles. The zero-order chi connectivity index (χ0) is 23.8. The van der Waals surface area contributed by atoms with Crippen molar-refractivity contribution in [1.29, 1.82) is 0 Å². The lowest BCUT2D eigenvalue weighted by Crippen LogP contribution is -2.15. The van der Waals surface area contributed by atoms with Gasteiger partial charge < -0.3 is 43.0 Å². The minimum Gasteiger partial charge on any atom is -0.461 e. The SMILES string of the molecule is Cc1nc(Cl)nc(OCCOCCOCCOCCOCCOCCOCCOCCO)n1. The van der Waals surface area contributed by atoms with E-state index < -0.39 is 0 Å². The third kappa shape index (κ3) is 19.9. The average molecular weight is 498 g/mol. The molecule has 0 amide bonds. The van der Waals surface area contributed by atoms with E-state index in [2.05, 4.69) is 15.0 Å². The number of hydrogen-bond acceptors (Lipinski definition) is 12. The fourth-order valence-corrected chi connectivity index (χ4v) is 2.36. The molecule has 0 aliphatic rings. The van der Waals surface area contributed by atoms with Crippen molar-refractivity contribution in [1.82, 2.24) is 15.0 Å². The van der Waals surface area contributed by atoms with Crippen molar-refractivity contribution >= 4 is 11.6 Å². The lowest BCUT2D eigenvalue weighted by Gasteiger charge is -2.08. The van der Waals surface area contributed by atoms with Gasteiger partial charge in [0.1, 0.15) is 12.4 Å². The van der Waals surface area contributed by atoms with Crippen LogP contribution in [0.15, 0.2) is 0 Å². The Balaban J connectivity index is 1.71. The Morgan fingerprint density at radius 2 is 0.909 bits per heavy atom. The second-order valence-corrected chi connectivity index (χ2v) is 6.63.